The van der Waals surface area contributed by atoms with Gasteiger partial charge in [0.2, 0.25) is 11.8 Å². The van der Waals surface area contributed by atoms with Gasteiger partial charge >= 0.3 is 0 Å². The van der Waals surface area contributed by atoms with Crippen LogP contribution in [0.2, 0.25) is 0 Å². The zero-order valence-electron chi connectivity index (χ0n) is 30.3. The molecule has 262 valence electrons. The lowest BCUT2D eigenvalue weighted by Crippen LogP contribution is -2.46. The first-order valence-corrected chi connectivity index (χ1v) is 20.1. The number of nitrogens with one attached hydrogen (secondary N) is 1. The molecule has 0 radical (unpaired) electrons. The standard InChI is InChI=1S/C41H76N2O2/c1-3-5-7-9-11-13-15-17-19-21-23-25-27-29-31-33-37-42-41(45)39-35-34-38-43(39)40(44)36-32-30-28-26-24-22-20-18-16-14-12-10-8-6-4-2/h20,22,29,31,39H,3-19,21,23-28,30,32-38H2,1-2H3,(H,42,45)/b22-20+,31-29+/t39-/m0/s1. The first-order valence-electron chi connectivity index (χ1n) is 20.1. The molecule has 0 spiro atoms. The normalized spacial score (nSPS) is 15.2. The lowest BCUT2D eigenvalue weighted by Gasteiger charge is -2.24. The number of amides is 2. The molecular formula is C41H76N2O2. The molecular weight excluding hydrogens is 552 g/mol. The van der Waals surface area contributed by atoms with Crippen molar-refractivity contribution in [2.75, 3.05) is 13.1 Å². The minimum absolute atomic E-state index is 0.0403. The molecule has 0 saturated carbocycles. The number of hydrogen-bond acceptors (Lipinski definition) is 2. The van der Waals surface area contributed by atoms with Gasteiger partial charge in [-0.3, -0.25) is 9.59 Å². The van der Waals surface area contributed by atoms with E-state index < -0.39 is 0 Å². The Morgan fingerprint density at radius 2 is 0.956 bits per heavy atom. The van der Waals surface area contributed by atoms with Crippen molar-refractivity contribution in [3.8, 4) is 0 Å². The highest BCUT2D eigenvalue weighted by atomic mass is 16.2. The zero-order valence-corrected chi connectivity index (χ0v) is 30.3. The molecule has 0 aromatic carbocycles. The van der Waals surface area contributed by atoms with Gasteiger partial charge in [-0.15, -0.1) is 0 Å². The molecule has 2 amide bonds. The summed E-state index contributed by atoms with van der Waals surface area (Å²) in [5.74, 6) is 0.211. The van der Waals surface area contributed by atoms with Crippen molar-refractivity contribution >= 4 is 11.8 Å². The Morgan fingerprint density at radius 3 is 1.42 bits per heavy atom. The Kier molecular flexibility index (Phi) is 29.8. The first kappa shape index (κ1) is 41.4. The van der Waals surface area contributed by atoms with Crippen LogP contribution in [0.4, 0.5) is 0 Å². The predicted octanol–water partition coefficient (Wildman–Crippen LogP) is 12.2. The van der Waals surface area contributed by atoms with Gasteiger partial charge in [-0.25, -0.2) is 0 Å². The van der Waals surface area contributed by atoms with Gasteiger partial charge in [0, 0.05) is 19.5 Å². The summed E-state index contributed by atoms with van der Waals surface area (Å²) in [7, 11) is 0. The Morgan fingerprint density at radius 1 is 0.556 bits per heavy atom. The van der Waals surface area contributed by atoms with Crippen molar-refractivity contribution in [1.82, 2.24) is 10.2 Å². The van der Waals surface area contributed by atoms with Crippen LogP contribution in [-0.2, 0) is 9.59 Å². The number of carbonyl (C=O) groups excluding carboxylic acids is 2. The minimum Gasteiger partial charge on any atom is -0.354 e. The van der Waals surface area contributed by atoms with Crippen LogP contribution in [0.3, 0.4) is 0 Å². The Bertz CT molecular complexity index is 731. The first-order chi connectivity index (χ1) is 22.2. The van der Waals surface area contributed by atoms with Crippen molar-refractivity contribution in [3.63, 3.8) is 0 Å². The molecule has 0 aliphatic carbocycles. The molecule has 1 fully saturated rings. The van der Waals surface area contributed by atoms with Gasteiger partial charge in [0.25, 0.3) is 0 Å². The van der Waals surface area contributed by atoms with E-state index in [0.717, 1.165) is 51.5 Å². The smallest absolute Gasteiger partial charge is 0.242 e. The molecule has 1 atom stereocenters. The topological polar surface area (TPSA) is 49.4 Å². The third-order valence-corrected chi connectivity index (χ3v) is 9.53. The highest BCUT2D eigenvalue weighted by molar-refractivity contribution is 5.88. The molecule has 0 unspecified atom stereocenters. The fourth-order valence-electron chi connectivity index (χ4n) is 6.56. The highest BCUT2D eigenvalue weighted by Crippen LogP contribution is 2.20. The second-order valence-electron chi connectivity index (χ2n) is 13.8. The molecule has 45 heavy (non-hydrogen) atoms. The monoisotopic (exact) mass is 629 g/mol. The van der Waals surface area contributed by atoms with Gasteiger partial charge < -0.3 is 10.2 Å². The number of allylic oxidation sites excluding steroid dienone is 3. The van der Waals surface area contributed by atoms with Gasteiger partial charge in [-0.2, -0.15) is 0 Å². The molecule has 1 aliphatic heterocycles. The van der Waals surface area contributed by atoms with E-state index in [9.17, 15) is 9.59 Å². The van der Waals surface area contributed by atoms with Crippen LogP contribution in [0.5, 0.6) is 0 Å². The Hall–Kier alpha value is -1.58. The molecule has 1 N–H and O–H groups in total. The Labute approximate surface area is 281 Å². The van der Waals surface area contributed by atoms with Crippen LogP contribution in [0, 0.1) is 0 Å². The maximum absolute atomic E-state index is 12.9. The summed E-state index contributed by atoms with van der Waals surface area (Å²) >= 11 is 0. The van der Waals surface area contributed by atoms with Crippen LogP contribution < -0.4 is 5.32 Å². The van der Waals surface area contributed by atoms with E-state index in [4.69, 9.17) is 0 Å². The zero-order chi connectivity index (χ0) is 32.5. The number of nitrogens with zero attached hydrogens (tertiary/aromatic N) is 1. The van der Waals surface area contributed by atoms with Crippen molar-refractivity contribution in [1.29, 1.82) is 0 Å². The van der Waals surface area contributed by atoms with Gasteiger partial charge in [0.05, 0.1) is 0 Å². The molecule has 0 aromatic heterocycles. The second-order valence-corrected chi connectivity index (χ2v) is 13.8. The molecule has 1 aliphatic rings. The molecule has 0 bridgehead atoms. The van der Waals surface area contributed by atoms with E-state index in [1.807, 2.05) is 4.90 Å². The number of unbranched alkanes of at least 4 members (excludes halogenated alkanes) is 23. The number of likely N-dealkylation sites (tertiary alicyclic amines) is 1. The molecule has 0 aromatic rings. The van der Waals surface area contributed by atoms with Crippen molar-refractivity contribution in [2.45, 2.75) is 213 Å². The van der Waals surface area contributed by atoms with Crippen molar-refractivity contribution in [2.24, 2.45) is 0 Å². The average Bonchev–Trinajstić information content (AvgIpc) is 3.55. The molecule has 4 nitrogen and oxygen atoms in total. The fraction of sp³-hybridized carbons (Fsp3) is 0.854. The van der Waals surface area contributed by atoms with E-state index in [1.54, 1.807) is 0 Å². The lowest BCUT2D eigenvalue weighted by atomic mass is 10.0. The van der Waals surface area contributed by atoms with Crippen LogP contribution in [0.1, 0.15) is 206 Å². The lowest BCUT2D eigenvalue weighted by molar-refractivity contribution is -0.138. The van der Waals surface area contributed by atoms with Crippen LogP contribution >= 0.6 is 0 Å². The summed E-state index contributed by atoms with van der Waals surface area (Å²) in [6.07, 6.45) is 46.7. The number of rotatable bonds is 32. The second kappa shape index (κ2) is 32.4. The number of hydrogen-bond donors (Lipinski definition) is 1. The average molecular weight is 629 g/mol. The van der Waals surface area contributed by atoms with Gasteiger partial charge in [0.15, 0.2) is 0 Å². The predicted molar refractivity (Wildman–Crippen MR) is 197 cm³/mol. The van der Waals surface area contributed by atoms with Crippen LogP contribution in [0.15, 0.2) is 24.3 Å². The summed E-state index contributed by atoms with van der Waals surface area (Å²) in [4.78, 5) is 27.5. The van der Waals surface area contributed by atoms with Gasteiger partial charge in [-0.05, 0) is 64.2 Å². The Balaban J connectivity index is 1.97. The van der Waals surface area contributed by atoms with Crippen LogP contribution in [0.25, 0.3) is 0 Å². The number of carbonyl (C=O) groups is 2. The maximum atomic E-state index is 12.9. The minimum atomic E-state index is -0.260. The summed E-state index contributed by atoms with van der Waals surface area (Å²) in [5, 5.41) is 3.09. The summed E-state index contributed by atoms with van der Waals surface area (Å²) < 4.78 is 0. The third-order valence-electron chi connectivity index (χ3n) is 9.53. The SMILES string of the molecule is CCCCCCCCC/C=C/CCCCCCC(=O)N1CCC[C@H]1C(=O)NCC/C=C/CCCCCCCCCCCCCC. The fourth-order valence-corrected chi connectivity index (χ4v) is 6.56. The van der Waals surface area contributed by atoms with Crippen LogP contribution in [-0.4, -0.2) is 35.8 Å². The summed E-state index contributed by atoms with van der Waals surface area (Å²) in [5.41, 5.74) is 0. The molecule has 4 heteroatoms. The largest absolute Gasteiger partial charge is 0.354 e. The van der Waals surface area contributed by atoms with Gasteiger partial charge in [-0.1, -0.05) is 160 Å². The van der Waals surface area contributed by atoms with E-state index in [0.29, 0.717) is 13.0 Å². The summed E-state index contributed by atoms with van der Waals surface area (Å²) in [6.45, 7) is 5.96. The van der Waals surface area contributed by atoms with E-state index in [2.05, 4.69) is 43.5 Å². The quantitative estimate of drug-likeness (QED) is 0.0595. The van der Waals surface area contributed by atoms with Crippen molar-refractivity contribution < 1.29 is 9.59 Å². The highest BCUT2D eigenvalue weighted by Gasteiger charge is 2.33. The molecule has 1 saturated heterocycles. The van der Waals surface area contributed by atoms with Crippen molar-refractivity contribution in [3.05, 3.63) is 24.3 Å². The van der Waals surface area contributed by atoms with Gasteiger partial charge in [0.1, 0.15) is 6.04 Å². The van der Waals surface area contributed by atoms with E-state index >= 15 is 0 Å². The van der Waals surface area contributed by atoms with E-state index in [1.165, 1.54) is 141 Å². The molecule has 1 heterocycles. The third kappa shape index (κ3) is 25.2. The van der Waals surface area contributed by atoms with E-state index in [-0.39, 0.29) is 17.9 Å². The maximum Gasteiger partial charge on any atom is 0.242 e. The summed E-state index contributed by atoms with van der Waals surface area (Å²) in [6, 6.07) is -0.260. The molecule has 1 rings (SSSR count).